The Morgan fingerprint density at radius 3 is 1.97 bits per heavy atom. The maximum atomic E-state index is 12.7. The third kappa shape index (κ3) is 4.90. The van der Waals surface area contributed by atoms with Crippen LogP contribution in [0.5, 0.6) is 0 Å². The minimum absolute atomic E-state index is 0.0452. The molecule has 158 valence electrons. The number of nitro groups is 1. The molecule has 7 heteroatoms. The predicted octanol–water partition coefficient (Wildman–Crippen LogP) is 4.53. The van der Waals surface area contributed by atoms with E-state index in [4.69, 9.17) is 0 Å². The molecule has 1 N–H and O–H groups in total. The molecule has 1 aliphatic heterocycles. The Morgan fingerprint density at radius 1 is 0.839 bits per heavy atom. The van der Waals surface area contributed by atoms with Gasteiger partial charge in [0, 0.05) is 44.0 Å². The lowest BCUT2D eigenvalue weighted by Crippen LogP contribution is -2.51. The third-order valence-corrected chi connectivity index (χ3v) is 5.51. The summed E-state index contributed by atoms with van der Waals surface area (Å²) in [6.07, 6.45) is 0. The number of hydrogen-bond donors (Lipinski definition) is 1. The van der Waals surface area contributed by atoms with E-state index in [2.05, 4.69) is 34.5 Å². The lowest BCUT2D eigenvalue weighted by atomic mass is 9.96. The number of urea groups is 1. The Hall–Kier alpha value is -3.71. The molecule has 0 unspecified atom stereocenters. The normalized spacial score (nSPS) is 14.4. The first-order valence-electron chi connectivity index (χ1n) is 10.3. The van der Waals surface area contributed by atoms with E-state index in [1.54, 1.807) is 17.0 Å². The number of nitro benzene ring substituents is 1. The van der Waals surface area contributed by atoms with Crippen molar-refractivity contribution in [3.05, 3.63) is 106 Å². The second-order valence-corrected chi connectivity index (χ2v) is 7.48. The number of non-ortho nitro benzene ring substituents is 1. The highest BCUT2D eigenvalue weighted by molar-refractivity contribution is 5.89. The molecule has 7 nitrogen and oxygen atoms in total. The molecule has 1 saturated heterocycles. The van der Waals surface area contributed by atoms with E-state index in [0.29, 0.717) is 18.8 Å². The molecule has 1 aliphatic rings. The fraction of sp³-hybridized carbons (Fsp3) is 0.208. The zero-order valence-electron chi connectivity index (χ0n) is 17.1. The second kappa shape index (κ2) is 9.40. The molecule has 2 amide bonds. The molecule has 0 radical (unpaired) electrons. The summed E-state index contributed by atoms with van der Waals surface area (Å²) in [5.74, 6) is 0. The molecule has 4 rings (SSSR count). The van der Waals surface area contributed by atoms with Crippen LogP contribution in [0.4, 0.5) is 16.2 Å². The fourth-order valence-corrected chi connectivity index (χ4v) is 3.97. The molecule has 0 bridgehead atoms. The van der Waals surface area contributed by atoms with Crippen LogP contribution in [-0.4, -0.2) is 46.9 Å². The highest BCUT2D eigenvalue weighted by atomic mass is 16.6. The summed E-state index contributed by atoms with van der Waals surface area (Å²) < 4.78 is 0. The Bertz CT molecular complexity index is 995. The van der Waals surface area contributed by atoms with Gasteiger partial charge in [-0.25, -0.2) is 4.79 Å². The molecule has 1 heterocycles. The summed E-state index contributed by atoms with van der Waals surface area (Å²) in [4.78, 5) is 27.3. The molecule has 0 atom stereocenters. The van der Waals surface area contributed by atoms with Crippen LogP contribution in [-0.2, 0) is 0 Å². The van der Waals surface area contributed by atoms with E-state index in [-0.39, 0.29) is 17.8 Å². The van der Waals surface area contributed by atoms with E-state index in [1.165, 1.54) is 23.3 Å². The van der Waals surface area contributed by atoms with Crippen molar-refractivity contribution < 1.29 is 9.72 Å². The van der Waals surface area contributed by atoms with Gasteiger partial charge in [-0.2, -0.15) is 0 Å². The van der Waals surface area contributed by atoms with Gasteiger partial charge in [-0.05, 0) is 17.2 Å². The van der Waals surface area contributed by atoms with E-state index in [9.17, 15) is 14.9 Å². The van der Waals surface area contributed by atoms with Crippen LogP contribution in [0.15, 0.2) is 84.9 Å². The number of hydrogen-bond acceptors (Lipinski definition) is 4. The zero-order valence-corrected chi connectivity index (χ0v) is 17.1. The summed E-state index contributed by atoms with van der Waals surface area (Å²) in [6.45, 7) is 2.63. The van der Waals surface area contributed by atoms with Crippen molar-refractivity contribution in [3.63, 3.8) is 0 Å². The summed E-state index contributed by atoms with van der Waals surface area (Å²) in [6, 6.07) is 26.7. The highest BCUT2D eigenvalue weighted by Gasteiger charge is 2.28. The molecule has 0 saturated carbocycles. The maximum absolute atomic E-state index is 12.7. The minimum atomic E-state index is -0.471. The Kier molecular flexibility index (Phi) is 6.24. The fourth-order valence-electron chi connectivity index (χ4n) is 3.97. The number of carbonyl (C=O) groups is 1. The van der Waals surface area contributed by atoms with Gasteiger partial charge in [-0.1, -0.05) is 66.7 Å². The van der Waals surface area contributed by atoms with Gasteiger partial charge in [0.1, 0.15) is 0 Å². The summed E-state index contributed by atoms with van der Waals surface area (Å²) >= 11 is 0. The molecule has 3 aromatic carbocycles. The third-order valence-electron chi connectivity index (χ3n) is 5.51. The first-order chi connectivity index (χ1) is 15.1. The van der Waals surface area contributed by atoms with E-state index < -0.39 is 4.92 Å². The van der Waals surface area contributed by atoms with Gasteiger partial charge in [0.15, 0.2) is 0 Å². The average Bonchev–Trinajstić information content (AvgIpc) is 2.81. The van der Waals surface area contributed by atoms with E-state index >= 15 is 0 Å². The largest absolute Gasteiger partial charge is 0.322 e. The molecular formula is C24H24N4O3. The number of nitrogens with zero attached hydrogens (tertiary/aromatic N) is 3. The quantitative estimate of drug-likeness (QED) is 0.489. The summed E-state index contributed by atoms with van der Waals surface area (Å²) in [5, 5.41) is 13.7. The Labute approximate surface area is 181 Å². The Morgan fingerprint density at radius 2 is 1.42 bits per heavy atom. The molecule has 31 heavy (non-hydrogen) atoms. The first-order valence-corrected chi connectivity index (χ1v) is 10.3. The van der Waals surface area contributed by atoms with Crippen molar-refractivity contribution in [3.8, 4) is 0 Å². The van der Waals surface area contributed by atoms with Gasteiger partial charge in [0.2, 0.25) is 0 Å². The zero-order chi connectivity index (χ0) is 21.6. The second-order valence-electron chi connectivity index (χ2n) is 7.48. The molecule has 0 aromatic heterocycles. The summed E-state index contributed by atoms with van der Waals surface area (Å²) in [7, 11) is 0. The number of rotatable bonds is 5. The van der Waals surface area contributed by atoms with Crippen LogP contribution >= 0.6 is 0 Å². The number of benzene rings is 3. The molecule has 0 spiro atoms. The number of nitrogens with one attached hydrogen (secondary N) is 1. The van der Waals surface area contributed by atoms with Gasteiger partial charge >= 0.3 is 6.03 Å². The van der Waals surface area contributed by atoms with Crippen LogP contribution < -0.4 is 5.32 Å². The number of amides is 2. The highest BCUT2D eigenvalue weighted by Crippen LogP contribution is 2.29. The number of carbonyl (C=O) groups excluding carboxylic acids is 1. The maximum Gasteiger partial charge on any atom is 0.321 e. The van der Waals surface area contributed by atoms with Crippen LogP contribution in [0.3, 0.4) is 0 Å². The molecule has 3 aromatic rings. The van der Waals surface area contributed by atoms with Crippen molar-refractivity contribution >= 4 is 17.4 Å². The minimum Gasteiger partial charge on any atom is -0.322 e. The lowest BCUT2D eigenvalue weighted by molar-refractivity contribution is -0.384. The Balaban J connectivity index is 1.43. The summed E-state index contributed by atoms with van der Waals surface area (Å²) in [5.41, 5.74) is 2.83. The lowest BCUT2D eigenvalue weighted by Gasteiger charge is -2.39. The topological polar surface area (TPSA) is 78.7 Å². The van der Waals surface area contributed by atoms with Crippen molar-refractivity contribution in [2.75, 3.05) is 31.5 Å². The van der Waals surface area contributed by atoms with Crippen LogP contribution in [0, 0.1) is 10.1 Å². The SMILES string of the molecule is O=C(Nc1cccc([N+](=O)[O-])c1)N1CCN(C(c2ccccc2)c2ccccc2)CC1. The molecule has 1 fully saturated rings. The predicted molar refractivity (Wildman–Crippen MR) is 120 cm³/mol. The standard InChI is InChI=1S/C24H24N4O3/c29-24(25-21-12-7-13-22(18-21)28(30)31)27-16-14-26(15-17-27)23(19-8-3-1-4-9-19)20-10-5-2-6-11-20/h1-13,18,23H,14-17H2,(H,25,29). The smallest absolute Gasteiger partial charge is 0.321 e. The van der Waals surface area contributed by atoms with Crippen LogP contribution in [0.2, 0.25) is 0 Å². The van der Waals surface area contributed by atoms with Gasteiger partial charge < -0.3 is 10.2 Å². The van der Waals surface area contributed by atoms with Crippen molar-refractivity contribution in [2.45, 2.75) is 6.04 Å². The van der Waals surface area contributed by atoms with Crippen molar-refractivity contribution in [1.82, 2.24) is 9.80 Å². The van der Waals surface area contributed by atoms with E-state index in [0.717, 1.165) is 13.1 Å². The van der Waals surface area contributed by atoms with Gasteiger partial charge in [0.05, 0.1) is 11.0 Å². The number of anilines is 1. The monoisotopic (exact) mass is 416 g/mol. The van der Waals surface area contributed by atoms with Crippen LogP contribution in [0.1, 0.15) is 17.2 Å². The average molecular weight is 416 g/mol. The molecular weight excluding hydrogens is 392 g/mol. The number of piperazine rings is 1. The molecule has 0 aliphatic carbocycles. The van der Waals surface area contributed by atoms with Crippen molar-refractivity contribution in [1.29, 1.82) is 0 Å². The first kappa shape index (κ1) is 20.6. The van der Waals surface area contributed by atoms with Crippen LogP contribution in [0.25, 0.3) is 0 Å². The van der Waals surface area contributed by atoms with Gasteiger partial charge in [0.25, 0.3) is 5.69 Å². The van der Waals surface area contributed by atoms with Gasteiger partial charge in [-0.3, -0.25) is 15.0 Å². The van der Waals surface area contributed by atoms with Gasteiger partial charge in [-0.15, -0.1) is 0 Å². The van der Waals surface area contributed by atoms with E-state index in [1.807, 2.05) is 36.4 Å². The van der Waals surface area contributed by atoms with Crippen molar-refractivity contribution in [2.24, 2.45) is 0 Å².